The van der Waals surface area contributed by atoms with Crippen LogP contribution in [0.15, 0.2) is 41.2 Å². The molecule has 0 fully saturated rings. The zero-order chi connectivity index (χ0) is 26.1. The van der Waals surface area contributed by atoms with Gasteiger partial charge in [-0.15, -0.1) is 0 Å². The van der Waals surface area contributed by atoms with Crippen LogP contribution in [0.2, 0.25) is 10.0 Å². The number of carbonyl (C=O) groups excluding carboxylic acids is 1. The van der Waals surface area contributed by atoms with Crippen LogP contribution in [0.3, 0.4) is 0 Å². The van der Waals surface area contributed by atoms with Crippen molar-refractivity contribution in [1.29, 1.82) is 0 Å². The van der Waals surface area contributed by atoms with Crippen molar-refractivity contribution in [2.45, 2.75) is 46.2 Å². The molecule has 9 nitrogen and oxygen atoms in total. The maximum absolute atomic E-state index is 13.8. The van der Waals surface area contributed by atoms with Gasteiger partial charge in [0.2, 0.25) is 0 Å². The van der Waals surface area contributed by atoms with Crippen molar-refractivity contribution < 1.29 is 14.7 Å². The zero-order valence-electron chi connectivity index (χ0n) is 20.0. The molecule has 0 saturated heterocycles. The predicted octanol–water partition coefficient (Wildman–Crippen LogP) is 5.67. The first-order valence-electron chi connectivity index (χ1n) is 10.9. The molecule has 1 atom stereocenters. The summed E-state index contributed by atoms with van der Waals surface area (Å²) in [6.45, 7) is 9.14. The number of rotatable bonds is 5. The van der Waals surface area contributed by atoms with E-state index in [0.717, 1.165) is 0 Å². The predicted molar refractivity (Wildman–Crippen MR) is 138 cm³/mol. The number of hydrogen-bond acceptors (Lipinski definition) is 4. The molecule has 0 bridgehead atoms. The lowest BCUT2D eigenvalue weighted by Crippen LogP contribution is -2.47. The number of urea groups is 1. The van der Waals surface area contributed by atoms with Gasteiger partial charge in [-0.3, -0.25) is 14.3 Å². The number of benzene rings is 2. The SMILES string of the molecule is CCNC(=O)Nc1cccc(-n2c([C@H](C)N(C(=O)O)C(C)(C)C)nc3c(Cl)ccc(Cl)c3c2=O)c1. The third-order valence-electron chi connectivity index (χ3n) is 5.34. The van der Waals surface area contributed by atoms with E-state index in [2.05, 4.69) is 15.6 Å². The van der Waals surface area contributed by atoms with Crippen LogP contribution in [-0.4, -0.2) is 43.8 Å². The molecule has 186 valence electrons. The standard InChI is InChI=1S/C24H27Cl2N5O4/c1-6-27-22(33)28-14-8-7-9-15(12-14)30-20(13(2)31(23(34)35)24(3,4)5)29-19-17(26)11-10-16(25)18(19)21(30)32/h7-13H,6H2,1-5H3,(H,34,35)(H2,27,28,33)/t13-/m0/s1. The molecule has 35 heavy (non-hydrogen) atoms. The first-order valence-corrected chi connectivity index (χ1v) is 11.7. The van der Waals surface area contributed by atoms with E-state index < -0.39 is 29.3 Å². The fourth-order valence-electron chi connectivity index (χ4n) is 3.97. The van der Waals surface area contributed by atoms with E-state index in [1.807, 2.05) is 0 Å². The highest BCUT2D eigenvalue weighted by molar-refractivity contribution is 6.39. The second-order valence-electron chi connectivity index (χ2n) is 8.90. The van der Waals surface area contributed by atoms with E-state index in [9.17, 15) is 19.5 Å². The average molecular weight is 520 g/mol. The van der Waals surface area contributed by atoms with Crippen LogP contribution in [0.1, 0.15) is 46.5 Å². The molecule has 0 saturated carbocycles. The monoisotopic (exact) mass is 519 g/mol. The Kier molecular flexibility index (Phi) is 7.62. The molecule has 3 aromatic rings. The number of carbonyl (C=O) groups is 2. The van der Waals surface area contributed by atoms with E-state index in [1.54, 1.807) is 58.9 Å². The lowest BCUT2D eigenvalue weighted by molar-refractivity contribution is 0.0719. The molecular weight excluding hydrogens is 493 g/mol. The van der Waals surface area contributed by atoms with E-state index in [-0.39, 0.29) is 26.8 Å². The number of anilines is 1. The quantitative estimate of drug-likeness (QED) is 0.401. The molecular formula is C24H27Cl2N5O4. The zero-order valence-corrected chi connectivity index (χ0v) is 21.5. The Labute approximate surface area is 212 Å². The third kappa shape index (κ3) is 5.36. The largest absolute Gasteiger partial charge is 0.465 e. The smallest absolute Gasteiger partial charge is 0.408 e. The summed E-state index contributed by atoms with van der Waals surface area (Å²) in [7, 11) is 0. The minimum Gasteiger partial charge on any atom is -0.465 e. The van der Waals surface area contributed by atoms with Crippen LogP contribution in [0, 0.1) is 0 Å². The molecule has 0 aliphatic heterocycles. The highest BCUT2D eigenvalue weighted by Crippen LogP contribution is 2.32. The van der Waals surface area contributed by atoms with Gasteiger partial charge in [0.15, 0.2) is 0 Å². The van der Waals surface area contributed by atoms with Crippen molar-refractivity contribution in [3.63, 3.8) is 0 Å². The van der Waals surface area contributed by atoms with Crippen molar-refractivity contribution in [1.82, 2.24) is 19.8 Å². The fraction of sp³-hybridized carbons (Fsp3) is 0.333. The minimum absolute atomic E-state index is 0.106. The lowest BCUT2D eigenvalue weighted by atomic mass is 10.0. The van der Waals surface area contributed by atoms with Crippen LogP contribution in [-0.2, 0) is 0 Å². The molecule has 2 aromatic carbocycles. The highest BCUT2D eigenvalue weighted by atomic mass is 35.5. The number of halogens is 2. The van der Waals surface area contributed by atoms with E-state index >= 15 is 0 Å². The van der Waals surface area contributed by atoms with Crippen LogP contribution in [0.5, 0.6) is 0 Å². The maximum atomic E-state index is 13.8. The van der Waals surface area contributed by atoms with Crippen LogP contribution in [0.4, 0.5) is 15.3 Å². The second kappa shape index (κ2) is 10.1. The molecule has 1 aromatic heterocycles. The van der Waals surface area contributed by atoms with Gasteiger partial charge in [0.05, 0.1) is 32.7 Å². The van der Waals surface area contributed by atoms with Gasteiger partial charge in [-0.25, -0.2) is 14.6 Å². The number of carboxylic acid groups (broad SMARTS) is 1. The summed E-state index contributed by atoms with van der Waals surface area (Å²) in [5.41, 5.74) is -0.336. The van der Waals surface area contributed by atoms with Gasteiger partial charge in [-0.05, 0) is 65.0 Å². The summed E-state index contributed by atoms with van der Waals surface area (Å²) in [4.78, 5) is 43.9. The molecule has 11 heteroatoms. The maximum Gasteiger partial charge on any atom is 0.408 e. The molecule has 0 aliphatic carbocycles. The Morgan fingerprint density at radius 2 is 1.83 bits per heavy atom. The minimum atomic E-state index is -1.17. The van der Waals surface area contributed by atoms with Gasteiger partial charge in [-0.1, -0.05) is 29.3 Å². The van der Waals surface area contributed by atoms with Crippen molar-refractivity contribution in [2.24, 2.45) is 0 Å². The average Bonchev–Trinajstić information content (AvgIpc) is 2.74. The third-order valence-corrected chi connectivity index (χ3v) is 5.96. The normalized spacial score (nSPS) is 12.3. The summed E-state index contributed by atoms with van der Waals surface area (Å²) in [6, 6.07) is 8.39. The number of nitrogens with one attached hydrogen (secondary N) is 2. The summed E-state index contributed by atoms with van der Waals surface area (Å²) in [5.74, 6) is 0.152. The van der Waals surface area contributed by atoms with Crippen molar-refractivity contribution in [2.75, 3.05) is 11.9 Å². The number of fused-ring (bicyclic) bond motifs is 1. The van der Waals surface area contributed by atoms with Gasteiger partial charge in [0.1, 0.15) is 5.82 Å². The second-order valence-corrected chi connectivity index (χ2v) is 9.71. The highest BCUT2D eigenvalue weighted by Gasteiger charge is 2.35. The molecule has 0 aliphatic rings. The number of amides is 3. The summed E-state index contributed by atoms with van der Waals surface area (Å²) in [6.07, 6.45) is -1.17. The van der Waals surface area contributed by atoms with Gasteiger partial charge >= 0.3 is 12.1 Å². The Hall–Kier alpha value is -3.30. The van der Waals surface area contributed by atoms with Crippen LogP contribution in [0.25, 0.3) is 16.6 Å². The van der Waals surface area contributed by atoms with E-state index in [4.69, 9.17) is 23.2 Å². The Balaban J connectivity index is 2.35. The number of aromatic nitrogens is 2. The molecule has 0 unspecified atom stereocenters. The molecule has 3 N–H and O–H groups in total. The Bertz CT molecular complexity index is 1350. The van der Waals surface area contributed by atoms with Gasteiger partial charge in [-0.2, -0.15) is 0 Å². The summed E-state index contributed by atoms with van der Waals surface area (Å²) < 4.78 is 1.31. The summed E-state index contributed by atoms with van der Waals surface area (Å²) >= 11 is 12.7. The first kappa shape index (κ1) is 26.3. The van der Waals surface area contributed by atoms with Crippen molar-refractivity contribution in [3.05, 3.63) is 62.6 Å². The Morgan fingerprint density at radius 1 is 1.17 bits per heavy atom. The molecule has 1 heterocycles. The van der Waals surface area contributed by atoms with E-state index in [1.165, 1.54) is 21.6 Å². The molecule has 3 rings (SSSR count). The Morgan fingerprint density at radius 3 is 2.43 bits per heavy atom. The van der Waals surface area contributed by atoms with Crippen molar-refractivity contribution >= 4 is 51.9 Å². The number of hydrogen-bond donors (Lipinski definition) is 3. The fourth-order valence-corrected chi connectivity index (χ4v) is 4.40. The molecule has 0 radical (unpaired) electrons. The van der Waals surface area contributed by atoms with E-state index in [0.29, 0.717) is 17.9 Å². The topological polar surface area (TPSA) is 117 Å². The van der Waals surface area contributed by atoms with Gasteiger partial charge in [0, 0.05) is 17.8 Å². The summed E-state index contributed by atoms with van der Waals surface area (Å²) in [5, 5.41) is 15.8. The van der Waals surface area contributed by atoms with Gasteiger partial charge < -0.3 is 15.7 Å². The lowest BCUT2D eigenvalue weighted by Gasteiger charge is -2.38. The molecule has 0 spiro atoms. The molecule has 3 amide bonds. The van der Waals surface area contributed by atoms with Crippen LogP contribution < -0.4 is 16.2 Å². The van der Waals surface area contributed by atoms with Crippen molar-refractivity contribution in [3.8, 4) is 5.69 Å². The van der Waals surface area contributed by atoms with Crippen LogP contribution >= 0.6 is 23.2 Å². The first-order chi connectivity index (χ1) is 16.4. The van der Waals surface area contributed by atoms with Gasteiger partial charge in [0.25, 0.3) is 5.56 Å². The number of nitrogens with zero attached hydrogens (tertiary/aromatic N) is 3.